The number of nitrogens with zero attached hydrogens (tertiary/aromatic N) is 3. The lowest BCUT2D eigenvalue weighted by Crippen LogP contribution is -1.95. The lowest BCUT2D eigenvalue weighted by Gasteiger charge is -2.01. The van der Waals surface area contributed by atoms with Gasteiger partial charge in [-0.25, -0.2) is 0 Å². The molecule has 0 saturated carbocycles. The molecule has 2 heterocycles. The summed E-state index contributed by atoms with van der Waals surface area (Å²) < 4.78 is 10.9. The highest BCUT2D eigenvalue weighted by Crippen LogP contribution is 2.23. The molecule has 6 nitrogen and oxygen atoms in total. The van der Waals surface area contributed by atoms with E-state index in [9.17, 15) is 0 Å². The fourth-order valence-corrected chi connectivity index (χ4v) is 2.34. The molecule has 0 amide bonds. The van der Waals surface area contributed by atoms with Gasteiger partial charge in [0.25, 0.3) is 5.89 Å². The van der Waals surface area contributed by atoms with Gasteiger partial charge < -0.3 is 9.26 Å². The number of H-pyrrole nitrogens is 1. The number of benzene rings is 2. The Morgan fingerprint density at radius 3 is 2.67 bits per heavy atom. The second kappa shape index (κ2) is 6.37. The first-order valence-electron chi connectivity index (χ1n) is 7.49. The van der Waals surface area contributed by atoms with Crippen LogP contribution in [0, 0.1) is 0 Å². The fraction of sp³-hybridized carbons (Fsp3) is 0.0556. The van der Waals surface area contributed by atoms with E-state index in [-0.39, 0.29) is 6.61 Å². The van der Waals surface area contributed by atoms with Crippen LogP contribution in [0.15, 0.2) is 71.4 Å². The number of ether oxygens (including phenoxy) is 1. The van der Waals surface area contributed by atoms with Crippen LogP contribution in [0.5, 0.6) is 5.75 Å². The number of aromatic nitrogens is 4. The first-order chi connectivity index (χ1) is 11.9. The predicted molar refractivity (Wildman–Crippen MR) is 88.1 cm³/mol. The number of hydrogen-bond acceptors (Lipinski definition) is 5. The standard InChI is InChI=1S/C18H14N4O2/c1-2-7-15(8-3-1)23-12-17-20-18(22-24-17)14-6-4-5-13(11-14)16-9-10-19-21-16/h1-11H,12H2,(H,19,21). The van der Waals surface area contributed by atoms with Crippen molar-refractivity contribution in [1.82, 2.24) is 20.3 Å². The Morgan fingerprint density at radius 2 is 1.83 bits per heavy atom. The third-order valence-electron chi connectivity index (χ3n) is 3.51. The molecule has 0 fully saturated rings. The minimum Gasteiger partial charge on any atom is -0.484 e. The molecule has 1 N–H and O–H groups in total. The molecule has 24 heavy (non-hydrogen) atoms. The molecule has 2 aromatic carbocycles. The minimum absolute atomic E-state index is 0.233. The average Bonchev–Trinajstić information content (AvgIpc) is 3.33. The molecule has 4 rings (SSSR count). The molecule has 0 saturated heterocycles. The van der Waals surface area contributed by atoms with E-state index in [1.165, 1.54) is 0 Å². The van der Waals surface area contributed by atoms with Crippen LogP contribution in [0.1, 0.15) is 5.89 Å². The van der Waals surface area contributed by atoms with E-state index < -0.39 is 0 Å². The SMILES string of the molecule is c1ccc(OCc2nc(-c3cccc(-c4ccn[nH]4)c3)no2)cc1. The molecule has 4 aromatic rings. The molecule has 0 radical (unpaired) electrons. The zero-order chi connectivity index (χ0) is 16.2. The Hall–Kier alpha value is -3.41. The molecule has 0 atom stereocenters. The molecular formula is C18H14N4O2. The Balaban J connectivity index is 1.51. The number of para-hydroxylation sites is 1. The topological polar surface area (TPSA) is 76.8 Å². The van der Waals surface area contributed by atoms with Crippen LogP contribution in [0.3, 0.4) is 0 Å². The van der Waals surface area contributed by atoms with Gasteiger partial charge in [-0.3, -0.25) is 5.10 Å². The van der Waals surface area contributed by atoms with Crippen molar-refractivity contribution < 1.29 is 9.26 Å². The number of nitrogens with one attached hydrogen (secondary N) is 1. The lowest BCUT2D eigenvalue weighted by atomic mass is 10.1. The lowest BCUT2D eigenvalue weighted by molar-refractivity contribution is 0.243. The van der Waals surface area contributed by atoms with Gasteiger partial charge in [0, 0.05) is 17.3 Å². The van der Waals surface area contributed by atoms with Crippen molar-refractivity contribution in [1.29, 1.82) is 0 Å². The van der Waals surface area contributed by atoms with E-state index in [0.717, 1.165) is 22.6 Å². The summed E-state index contributed by atoms with van der Waals surface area (Å²) in [7, 11) is 0. The van der Waals surface area contributed by atoms with Crippen LogP contribution >= 0.6 is 0 Å². The first kappa shape index (κ1) is 14.2. The maximum atomic E-state index is 5.61. The van der Waals surface area contributed by atoms with Crippen LogP contribution in [0.2, 0.25) is 0 Å². The highest BCUT2D eigenvalue weighted by Gasteiger charge is 2.10. The third kappa shape index (κ3) is 3.03. The van der Waals surface area contributed by atoms with Crippen molar-refractivity contribution in [3.8, 4) is 28.4 Å². The predicted octanol–water partition coefficient (Wildman–Crippen LogP) is 3.71. The molecule has 0 unspecified atom stereocenters. The van der Waals surface area contributed by atoms with E-state index >= 15 is 0 Å². The van der Waals surface area contributed by atoms with Crippen molar-refractivity contribution in [3.05, 3.63) is 72.8 Å². The molecule has 0 bridgehead atoms. The van der Waals surface area contributed by atoms with Gasteiger partial charge in [-0.15, -0.1) is 0 Å². The first-order valence-corrected chi connectivity index (χ1v) is 7.49. The Kier molecular flexibility index (Phi) is 3.77. The molecule has 0 aliphatic carbocycles. The summed E-state index contributed by atoms with van der Waals surface area (Å²) in [4.78, 5) is 4.39. The van der Waals surface area contributed by atoms with E-state index in [4.69, 9.17) is 9.26 Å². The summed E-state index contributed by atoms with van der Waals surface area (Å²) in [5.74, 6) is 1.72. The molecular weight excluding hydrogens is 304 g/mol. The van der Waals surface area contributed by atoms with Gasteiger partial charge >= 0.3 is 0 Å². The minimum atomic E-state index is 0.233. The van der Waals surface area contributed by atoms with Crippen LogP contribution < -0.4 is 4.74 Å². The summed E-state index contributed by atoms with van der Waals surface area (Å²) in [6.07, 6.45) is 1.72. The van der Waals surface area contributed by atoms with Gasteiger partial charge in [-0.2, -0.15) is 10.1 Å². The number of rotatable bonds is 5. The van der Waals surface area contributed by atoms with Crippen molar-refractivity contribution in [2.75, 3.05) is 0 Å². The highest BCUT2D eigenvalue weighted by molar-refractivity contribution is 5.67. The molecule has 2 aromatic heterocycles. The van der Waals surface area contributed by atoms with Crippen LogP contribution in [-0.4, -0.2) is 20.3 Å². The highest BCUT2D eigenvalue weighted by atomic mass is 16.5. The van der Waals surface area contributed by atoms with Gasteiger partial charge in [0.1, 0.15) is 5.75 Å². The average molecular weight is 318 g/mol. The fourth-order valence-electron chi connectivity index (χ4n) is 2.34. The van der Waals surface area contributed by atoms with Crippen molar-refractivity contribution in [2.24, 2.45) is 0 Å². The van der Waals surface area contributed by atoms with E-state index in [0.29, 0.717) is 11.7 Å². The molecule has 0 aliphatic heterocycles. The van der Waals surface area contributed by atoms with Gasteiger partial charge in [-0.1, -0.05) is 41.6 Å². The monoisotopic (exact) mass is 318 g/mol. The summed E-state index contributed by atoms with van der Waals surface area (Å²) in [5.41, 5.74) is 2.82. The van der Waals surface area contributed by atoms with Gasteiger partial charge in [0.05, 0.1) is 5.69 Å². The Morgan fingerprint density at radius 1 is 0.958 bits per heavy atom. The maximum absolute atomic E-state index is 5.61. The van der Waals surface area contributed by atoms with Gasteiger partial charge in [-0.05, 0) is 24.3 Å². The van der Waals surface area contributed by atoms with Gasteiger partial charge in [0.2, 0.25) is 5.82 Å². The largest absolute Gasteiger partial charge is 0.484 e. The second-order valence-corrected chi connectivity index (χ2v) is 5.16. The summed E-state index contributed by atoms with van der Waals surface area (Å²) in [5, 5.41) is 10.9. The van der Waals surface area contributed by atoms with E-state index in [2.05, 4.69) is 20.3 Å². The van der Waals surface area contributed by atoms with Crippen molar-refractivity contribution in [2.45, 2.75) is 6.61 Å². The Labute approximate surface area is 138 Å². The smallest absolute Gasteiger partial charge is 0.264 e. The van der Waals surface area contributed by atoms with E-state index in [1.54, 1.807) is 6.20 Å². The van der Waals surface area contributed by atoms with Crippen molar-refractivity contribution in [3.63, 3.8) is 0 Å². The summed E-state index contributed by atoms with van der Waals surface area (Å²) in [6.45, 7) is 0.233. The zero-order valence-corrected chi connectivity index (χ0v) is 12.7. The summed E-state index contributed by atoms with van der Waals surface area (Å²) >= 11 is 0. The quantitative estimate of drug-likeness (QED) is 0.607. The van der Waals surface area contributed by atoms with Crippen molar-refractivity contribution >= 4 is 0 Å². The molecule has 6 heteroatoms. The molecule has 0 spiro atoms. The maximum Gasteiger partial charge on any atom is 0.264 e. The molecule has 118 valence electrons. The second-order valence-electron chi connectivity index (χ2n) is 5.16. The van der Waals surface area contributed by atoms with E-state index in [1.807, 2.05) is 60.7 Å². The Bertz CT molecular complexity index is 917. The zero-order valence-electron chi connectivity index (χ0n) is 12.7. The number of hydrogen-bond donors (Lipinski definition) is 1. The number of aromatic amines is 1. The van der Waals surface area contributed by atoms with Gasteiger partial charge in [0.15, 0.2) is 6.61 Å². The molecule has 0 aliphatic rings. The normalized spacial score (nSPS) is 10.7. The van der Waals surface area contributed by atoms with Crippen LogP contribution in [-0.2, 0) is 6.61 Å². The third-order valence-corrected chi connectivity index (χ3v) is 3.51. The van der Waals surface area contributed by atoms with Crippen LogP contribution in [0.4, 0.5) is 0 Å². The summed E-state index contributed by atoms with van der Waals surface area (Å²) in [6, 6.07) is 19.3. The van der Waals surface area contributed by atoms with Crippen LogP contribution in [0.25, 0.3) is 22.6 Å².